The van der Waals surface area contributed by atoms with Gasteiger partial charge in [0.15, 0.2) is 24.6 Å². The van der Waals surface area contributed by atoms with Crippen molar-refractivity contribution < 1.29 is 23.6 Å². The standard InChI is InChI=1S/C47H82NO4/c1-6-8-10-12-14-16-18-20-22-24-26-28-30-32-34-36-46(49)51-40-45(48-43(4)38-42(3)39-44(48)5)41-52-47(50)37-35-33-31-29-27-25-23-21-19-17-15-13-11-9-7-2/h18-21,38-39,45H,6-17,22-37,40-41H2,1-5H3/q+1/b20-18-,21-19-. The highest BCUT2D eigenvalue weighted by Crippen LogP contribution is 2.14. The van der Waals surface area contributed by atoms with Crippen molar-refractivity contribution in [1.82, 2.24) is 0 Å². The van der Waals surface area contributed by atoms with Crippen LogP contribution in [0, 0.1) is 20.8 Å². The van der Waals surface area contributed by atoms with E-state index in [2.05, 4.69) is 75.6 Å². The first-order valence-corrected chi connectivity index (χ1v) is 22.0. The molecule has 5 heteroatoms. The van der Waals surface area contributed by atoms with Crippen LogP contribution in [0.25, 0.3) is 0 Å². The molecule has 0 aliphatic heterocycles. The van der Waals surface area contributed by atoms with Gasteiger partial charge in [-0.1, -0.05) is 141 Å². The molecule has 0 amide bonds. The molecule has 0 N–H and O–H groups in total. The molecule has 0 atom stereocenters. The predicted molar refractivity (Wildman–Crippen MR) is 221 cm³/mol. The van der Waals surface area contributed by atoms with E-state index < -0.39 is 0 Å². The molecule has 0 fully saturated rings. The maximum absolute atomic E-state index is 12.7. The lowest BCUT2D eigenvalue weighted by atomic mass is 10.1. The van der Waals surface area contributed by atoms with Gasteiger partial charge < -0.3 is 9.47 Å². The summed E-state index contributed by atoms with van der Waals surface area (Å²) in [4.78, 5) is 25.4. The molecule has 0 spiro atoms. The molecular formula is C47H82NO4+. The van der Waals surface area contributed by atoms with Crippen LogP contribution in [-0.2, 0) is 19.1 Å². The molecule has 1 rings (SSSR count). The summed E-state index contributed by atoms with van der Waals surface area (Å²) in [6, 6.07) is 4.02. The van der Waals surface area contributed by atoms with Crippen LogP contribution in [-0.4, -0.2) is 25.2 Å². The lowest BCUT2D eigenvalue weighted by Gasteiger charge is -2.17. The molecule has 1 aromatic rings. The van der Waals surface area contributed by atoms with Crippen LogP contribution in [0.15, 0.2) is 36.4 Å². The van der Waals surface area contributed by atoms with Crippen LogP contribution in [0.2, 0.25) is 0 Å². The average Bonchev–Trinajstić information content (AvgIpc) is 3.12. The molecule has 0 aliphatic carbocycles. The Morgan fingerprint density at radius 2 is 0.808 bits per heavy atom. The van der Waals surface area contributed by atoms with E-state index in [9.17, 15) is 9.59 Å². The Balaban J connectivity index is 2.26. The number of allylic oxidation sites excluding steroid dienone is 4. The normalized spacial score (nSPS) is 11.7. The first-order valence-electron chi connectivity index (χ1n) is 22.0. The molecule has 0 saturated heterocycles. The molecular weight excluding hydrogens is 643 g/mol. The quantitative estimate of drug-likeness (QED) is 0.0303. The third-order valence-corrected chi connectivity index (χ3v) is 10.2. The Labute approximate surface area is 321 Å². The van der Waals surface area contributed by atoms with Crippen molar-refractivity contribution in [3.8, 4) is 0 Å². The molecule has 298 valence electrons. The van der Waals surface area contributed by atoms with Crippen LogP contribution < -0.4 is 4.57 Å². The van der Waals surface area contributed by atoms with Crippen molar-refractivity contribution in [2.45, 2.75) is 220 Å². The lowest BCUT2D eigenvalue weighted by molar-refractivity contribution is -0.736. The zero-order chi connectivity index (χ0) is 37.9. The van der Waals surface area contributed by atoms with Crippen molar-refractivity contribution in [3.63, 3.8) is 0 Å². The summed E-state index contributed by atoms with van der Waals surface area (Å²) in [6.45, 7) is 11.2. The molecule has 1 heterocycles. The predicted octanol–water partition coefficient (Wildman–Crippen LogP) is 13.6. The van der Waals surface area contributed by atoms with E-state index in [1.165, 1.54) is 147 Å². The summed E-state index contributed by atoms with van der Waals surface area (Å²) >= 11 is 0. The number of ether oxygens (including phenoxy) is 2. The Morgan fingerprint density at radius 1 is 0.500 bits per heavy atom. The van der Waals surface area contributed by atoms with Crippen LogP contribution >= 0.6 is 0 Å². The number of pyridine rings is 1. The van der Waals surface area contributed by atoms with Crippen LogP contribution in [0.3, 0.4) is 0 Å². The topological polar surface area (TPSA) is 56.5 Å². The highest BCUT2D eigenvalue weighted by atomic mass is 16.5. The van der Waals surface area contributed by atoms with E-state index in [1.807, 2.05) is 0 Å². The number of nitrogens with zero attached hydrogens (tertiary/aromatic N) is 1. The second-order valence-corrected chi connectivity index (χ2v) is 15.4. The van der Waals surface area contributed by atoms with Crippen LogP contribution in [0.1, 0.15) is 217 Å². The maximum atomic E-state index is 12.7. The first kappa shape index (κ1) is 47.6. The molecule has 0 bridgehead atoms. The third kappa shape index (κ3) is 27.2. The number of carbonyl (C=O) groups is 2. The highest BCUT2D eigenvalue weighted by Gasteiger charge is 2.27. The second-order valence-electron chi connectivity index (χ2n) is 15.4. The van der Waals surface area contributed by atoms with Crippen molar-refractivity contribution in [3.05, 3.63) is 53.4 Å². The zero-order valence-corrected chi connectivity index (χ0v) is 34.8. The van der Waals surface area contributed by atoms with E-state index in [0.717, 1.165) is 37.1 Å². The van der Waals surface area contributed by atoms with Gasteiger partial charge in [0.05, 0.1) is 0 Å². The minimum atomic E-state index is -0.237. The van der Waals surface area contributed by atoms with Crippen LogP contribution in [0.4, 0.5) is 0 Å². The Kier molecular flexibility index (Phi) is 31.4. The van der Waals surface area contributed by atoms with Gasteiger partial charge in [0.1, 0.15) is 0 Å². The summed E-state index contributed by atoms with van der Waals surface area (Å²) < 4.78 is 13.7. The van der Waals surface area contributed by atoms with Crippen molar-refractivity contribution in [2.24, 2.45) is 0 Å². The second kappa shape index (κ2) is 34.3. The minimum absolute atomic E-state index is 0.159. The molecule has 0 radical (unpaired) electrons. The number of hydrogen-bond acceptors (Lipinski definition) is 4. The van der Waals surface area contributed by atoms with Gasteiger partial charge in [-0.05, 0) is 76.7 Å². The van der Waals surface area contributed by atoms with Crippen molar-refractivity contribution >= 4 is 11.9 Å². The van der Waals surface area contributed by atoms with Crippen LogP contribution in [0.5, 0.6) is 0 Å². The monoisotopic (exact) mass is 725 g/mol. The molecule has 5 nitrogen and oxygen atoms in total. The highest BCUT2D eigenvalue weighted by molar-refractivity contribution is 5.69. The SMILES string of the molecule is CCCCCCC/C=C\CCCCCCCCC(=O)OCC(COC(=O)CCCCCCCC/C=C\CCCCCCC)[n+]1c(C)cc(C)cc1C. The molecule has 52 heavy (non-hydrogen) atoms. The number of unbranched alkanes of at least 4 members (excludes halogenated alkanes) is 22. The number of hydrogen-bond donors (Lipinski definition) is 0. The fraction of sp³-hybridized carbons (Fsp3) is 0.766. The molecule has 0 unspecified atom stereocenters. The molecule has 0 aromatic carbocycles. The van der Waals surface area contributed by atoms with Gasteiger partial charge in [0, 0.05) is 38.8 Å². The fourth-order valence-corrected chi connectivity index (χ4v) is 7.09. The minimum Gasteiger partial charge on any atom is -0.458 e. The Hall–Kier alpha value is -2.43. The summed E-state index contributed by atoms with van der Waals surface area (Å²) in [6.07, 6.45) is 42.4. The summed E-state index contributed by atoms with van der Waals surface area (Å²) in [5, 5.41) is 0. The maximum Gasteiger partial charge on any atom is 0.306 e. The number of aryl methyl sites for hydroxylation is 3. The lowest BCUT2D eigenvalue weighted by Crippen LogP contribution is -2.50. The summed E-state index contributed by atoms with van der Waals surface area (Å²) in [5.41, 5.74) is 3.34. The van der Waals surface area contributed by atoms with E-state index in [1.54, 1.807) is 0 Å². The van der Waals surface area contributed by atoms with Crippen molar-refractivity contribution in [2.75, 3.05) is 13.2 Å². The van der Waals surface area contributed by atoms with E-state index in [4.69, 9.17) is 9.47 Å². The molecule has 1 aromatic heterocycles. The number of esters is 2. The molecule has 0 aliphatic rings. The third-order valence-electron chi connectivity index (χ3n) is 10.2. The Morgan fingerprint density at radius 3 is 1.15 bits per heavy atom. The van der Waals surface area contributed by atoms with Gasteiger partial charge >= 0.3 is 11.9 Å². The molecule has 0 saturated carbocycles. The first-order chi connectivity index (χ1) is 25.4. The van der Waals surface area contributed by atoms with E-state index in [-0.39, 0.29) is 31.2 Å². The average molecular weight is 725 g/mol. The zero-order valence-electron chi connectivity index (χ0n) is 34.8. The van der Waals surface area contributed by atoms with Gasteiger partial charge in [-0.2, -0.15) is 4.57 Å². The van der Waals surface area contributed by atoms with Gasteiger partial charge in [-0.25, -0.2) is 0 Å². The summed E-state index contributed by atoms with van der Waals surface area (Å²) in [5.74, 6) is -0.319. The largest absolute Gasteiger partial charge is 0.458 e. The van der Waals surface area contributed by atoms with Crippen molar-refractivity contribution in [1.29, 1.82) is 0 Å². The van der Waals surface area contributed by atoms with Gasteiger partial charge in [0.2, 0.25) is 6.04 Å². The van der Waals surface area contributed by atoms with E-state index in [0.29, 0.717) is 12.8 Å². The summed E-state index contributed by atoms with van der Waals surface area (Å²) in [7, 11) is 0. The number of aromatic nitrogens is 1. The van der Waals surface area contributed by atoms with Gasteiger partial charge in [-0.15, -0.1) is 0 Å². The Bertz CT molecular complexity index is 998. The smallest absolute Gasteiger partial charge is 0.306 e. The fourth-order valence-electron chi connectivity index (χ4n) is 7.09. The van der Waals surface area contributed by atoms with Gasteiger partial charge in [-0.3, -0.25) is 9.59 Å². The number of rotatable bonds is 35. The van der Waals surface area contributed by atoms with E-state index >= 15 is 0 Å². The van der Waals surface area contributed by atoms with Gasteiger partial charge in [0.25, 0.3) is 0 Å². The number of carbonyl (C=O) groups excluding carboxylic acids is 2.